The first-order chi connectivity index (χ1) is 10.2. The van der Waals surface area contributed by atoms with Crippen molar-refractivity contribution < 1.29 is 19.1 Å². The third-order valence-electron chi connectivity index (χ3n) is 2.53. The first kappa shape index (κ1) is 22.7. The van der Waals surface area contributed by atoms with Crippen LogP contribution < -0.4 is 0 Å². The average Bonchev–Trinajstić information content (AvgIpc) is 2.41. The maximum Gasteiger partial charge on any atom is 0.333 e. The van der Waals surface area contributed by atoms with Gasteiger partial charge in [-0.15, -0.1) is 0 Å². The molecule has 0 bridgehead atoms. The molecule has 0 aromatic carbocycles. The van der Waals surface area contributed by atoms with Crippen LogP contribution in [0.25, 0.3) is 0 Å². The second-order valence-corrected chi connectivity index (χ2v) is 5.85. The lowest BCUT2D eigenvalue weighted by atomic mass is 10.1. The number of rotatable bonds is 9. The third-order valence-corrected chi connectivity index (χ3v) is 2.53. The molecule has 0 amide bonds. The summed E-state index contributed by atoms with van der Waals surface area (Å²) in [6.07, 6.45) is 5.75. The Kier molecular flexibility index (Phi) is 14.8. The molecule has 0 fully saturated rings. The van der Waals surface area contributed by atoms with Crippen LogP contribution in [0.5, 0.6) is 0 Å². The number of hydrogen-bond acceptors (Lipinski definition) is 4. The van der Waals surface area contributed by atoms with Gasteiger partial charge < -0.3 is 9.47 Å². The fourth-order valence-corrected chi connectivity index (χ4v) is 1.38. The summed E-state index contributed by atoms with van der Waals surface area (Å²) >= 11 is 0. The van der Waals surface area contributed by atoms with Crippen LogP contribution in [0, 0.1) is 5.92 Å². The number of unbranched alkanes of at least 4 members (excludes halogenated alkanes) is 2. The Morgan fingerprint density at radius 3 is 2.05 bits per heavy atom. The van der Waals surface area contributed by atoms with Gasteiger partial charge in [-0.3, -0.25) is 0 Å². The van der Waals surface area contributed by atoms with Gasteiger partial charge in [0.1, 0.15) is 0 Å². The second-order valence-electron chi connectivity index (χ2n) is 5.85. The highest BCUT2D eigenvalue weighted by Gasteiger charge is 2.03. The molecular weight excluding hydrogens is 280 g/mol. The van der Waals surface area contributed by atoms with Crippen LogP contribution in [0.15, 0.2) is 24.8 Å². The average molecular weight is 312 g/mol. The van der Waals surface area contributed by atoms with Crippen molar-refractivity contribution in [1.82, 2.24) is 0 Å². The van der Waals surface area contributed by atoms with Gasteiger partial charge in [-0.05, 0) is 33.1 Å². The molecular formula is C18H32O4. The van der Waals surface area contributed by atoms with Crippen LogP contribution in [0.1, 0.15) is 60.3 Å². The number of ether oxygens (including phenoxy) is 2. The molecule has 4 heteroatoms. The summed E-state index contributed by atoms with van der Waals surface area (Å²) in [5, 5.41) is 0. The van der Waals surface area contributed by atoms with Crippen LogP contribution in [0.3, 0.4) is 0 Å². The van der Waals surface area contributed by atoms with E-state index in [0.29, 0.717) is 12.2 Å². The summed E-state index contributed by atoms with van der Waals surface area (Å²) in [5.74, 6) is 0.143. The molecule has 0 heterocycles. The van der Waals surface area contributed by atoms with Gasteiger partial charge in [-0.2, -0.15) is 0 Å². The molecule has 0 aromatic heterocycles. The molecule has 128 valence electrons. The summed E-state index contributed by atoms with van der Waals surface area (Å²) in [7, 11) is 0. The van der Waals surface area contributed by atoms with Crippen molar-refractivity contribution in [1.29, 1.82) is 0 Å². The highest BCUT2D eigenvalue weighted by molar-refractivity contribution is 5.87. The normalized spacial score (nSPS) is 9.77. The fourth-order valence-electron chi connectivity index (χ4n) is 1.38. The van der Waals surface area contributed by atoms with Crippen molar-refractivity contribution in [2.45, 2.75) is 66.4 Å². The zero-order chi connectivity index (χ0) is 17.5. The van der Waals surface area contributed by atoms with E-state index in [1.54, 1.807) is 20.8 Å². The fraction of sp³-hybridized carbons (Fsp3) is 0.667. The Morgan fingerprint density at radius 2 is 1.68 bits per heavy atom. The van der Waals surface area contributed by atoms with Crippen molar-refractivity contribution >= 4 is 11.9 Å². The van der Waals surface area contributed by atoms with Crippen LogP contribution in [-0.4, -0.2) is 24.6 Å². The zero-order valence-electron chi connectivity index (χ0n) is 14.8. The number of hydrogen-bond donors (Lipinski definition) is 0. The Labute approximate surface area is 135 Å². The summed E-state index contributed by atoms with van der Waals surface area (Å²) in [5.41, 5.74) is 0.448. The number of carbonyl (C=O) groups is 2. The van der Waals surface area contributed by atoms with Crippen LogP contribution in [-0.2, 0) is 19.1 Å². The minimum Gasteiger partial charge on any atom is -0.463 e. The molecule has 0 saturated carbocycles. The summed E-state index contributed by atoms with van der Waals surface area (Å²) in [4.78, 5) is 21.2. The van der Waals surface area contributed by atoms with Gasteiger partial charge in [0.15, 0.2) is 0 Å². The molecule has 0 spiro atoms. The lowest BCUT2D eigenvalue weighted by Crippen LogP contribution is -2.11. The minimum absolute atomic E-state index is 0.0470. The maximum atomic E-state index is 10.6. The molecule has 0 saturated heterocycles. The lowest BCUT2D eigenvalue weighted by molar-refractivity contribution is -0.142. The quantitative estimate of drug-likeness (QED) is 0.359. The second kappa shape index (κ2) is 14.4. The van der Waals surface area contributed by atoms with Gasteiger partial charge in [-0.25, -0.2) is 9.59 Å². The molecule has 0 rings (SSSR count). The van der Waals surface area contributed by atoms with E-state index in [1.807, 2.05) is 0 Å². The van der Waals surface area contributed by atoms with Crippen molar-refractivity contribution in [3.8, 4) is 0 Å². The number of carbonyl (C=O) groups excluding carboxylic acids is 2. The van der Waals surface area contributed by atoms with E-state index in [2.05, 4.69) is 27.0 Å². The Bertz CT molecular complexity index is 343. The zero-order valence-corrected chi connectivity index (χ0v) is 14.8. The Balaban J connectivity index is 0. The van der Waals surface area contributed by atoms with Crippen LogP contribution in [0.2, 0.25) is 0 Å². The molecule has 0 N–H and O–H groups in total. The van der Waals surface area contributed by atoms with Gasteiger partial charge in [0, 0.05) is 11.6 Å². The van der Waals surface area contributed by atoms with Crippen LogP contribution >= 0.6 is 0 Å². The van der Waals surface area contributed by atoms with E-state index < -0.39 is 0 Å². The van der Waals surface area contributed by atoms with Gasteiger partial charge in [0.2, 0.25) is 0 Å². The van der Waals surface area contributed by atoms with E-state index in [4.69, 9.17) is 9.47 Å². The monoisotopic (exact) mass is 312 g/mol. The van der Waals surface area contributed by atoms with E-state index in [9.17, 15) is 9.59 Å². The molecule has 0 atom stereocenters. The summed E-state index contributed by atoms with van der Waals surface area (Å²) < 4.78 is 9.61. The first-order valence-electron chi connectivity index (χ1n) is 7.86. The van der Waals surface area contributed by atoms with Gasteiger partial charge >= 0.3 is 11.9 Å². The predicted molar refractivity (Wildman–Crippen MR) is 90.5 cm³/mol. The molecule has 0 unspecified atom stereocenters. The molecule has 0 aliphatic carbocycles. The minimum atomic E-state index is -0.316. The standard InChI is InChI=1S/C11H20O2.C7H12O2/c1-4-11(12)13-9-7-5-6-8-10(2)3;1-5(2)7(8)9-6(3)4/h4,10H,1,5-9H2,2-3H3;6H,1H2,2-4H3. The molecule has 0 aliphatic rings. The van der Waals surface area contributed by atoms with Gasteiger partial charge in [0.05, 0.1) is 12.7 Å². The Hall–Kier alpha value is -1.58. The van der Waals surface area contributed by atoms with E-state index in [-0.39, 0.29) is 18.0 Å². The first-order valence-corrected chi connectivity index (χ1v) is 7.86. The molecule has 22 heavy (non-hydrogen) atoms. The van der Waals surface area contributed by atoms with E-state index in [1.165, 1.54) is 18.9 Å². The van der Waals surface area contributed by atoms with E-state index in [0.717, 1.165) is 18.8 Å². The maximum absolute atomic E-state index is 10.6. The lowest BCUT2D eigenvalue weighted by Gasteiger charge is -2.05. The molecule has 0 aliphatic heterocycles. The summed E-state index contributed by atoms with van der Waals surface area (Å²) in [6.45, 7) is 17.0. The smallest absolute Gasteiger partial charge is 0.333 e. The highest BCUT2D eigenvalue weighted by Crippen LogP contribution is 2.07. The van der Waals surface area contributed by atoms with E-state index >= 15 is 0 Å². The largest absolute Gasteiger partial charge is 0.463 e. The van der Waals surface area contributed by atoms with Crippen molar-refractivity contribution in [2.24, 2.45) is 5.92 Å². The van der Waals surface area contributed by atoms with Gasteiger partial charge in [0.25, 0.3) is 0 Å². The SMILES string of the molecule is C=C(C)C(=O)OC(C)C.C=CC(=O)OCCCCCC(C)C. The van der Waals surface area contributed by atoms with Crippen LogP contribution in [0.4, 0.5) is 0 Å². The molecule has 0 aromatic rings. The highest BCUT2D eigenvalue weighted by atomic mass is 16.5. The van der Waals surface area contributed by atoms with Crippen molar-refractivity contribution in [2.75, 3.05) is 6.61 Å². The molecule has 4 nitrogen and oxygen atoms in total. The number of esters is 2. The topological polar surface area (TPSA) is 52.6 Å². The predicted octanol–water partition coefficient (Wildman–Crippen LogP) is 4.45. The third kappa shape index (κ3) is 18.4. The Morgan fingerprint density at radius 1 is 1.09 bits per heavy atom. The van der Waals surface area contributed by atoms with Gasteiger partial charge in [-0.1, -0.05) is 46.3 Å². The van der Waals surface area contributed by atoms with Crippen molar-refractivity contribution in [3.63, 3.8) is 0 Å². The molecule has 0 radical (unpaired) electrons. The van der Waals surface area contributed by atoms with Crippen molar-refractivity contribution in [3.05, 3.63) is 24.8 Å². The summed E-state index contributed by atoms with van der Waals surface area (Å²) in [6, 6.07) is 0.